The Morgan fingerprint density at radius 1 is 1.29 bits per heavy atom. The van der Waals surface area contributed by atoms with Crippen LogP contribution in [0.1, 0.15) is 49.5 Å². The first kappa shape index (κ1) is 18.4. The molecule has 0 atom stereocenters. The molecule has 1 aliphatic rings. The molecule has 146 valence electrons. The number of carbonyl (C=O) groups excluding carboxylic acids is 1. The Balaban J connectivity index is 1.84. The van der Waals surface area contributed by atoms with Crippen molar-refractivity contribution in [1.29, 1.82) is 0 Å². The maximum Gasteiger partial charge on any atom is 0.253 e. The maximum absolute atomic E-state index is 12.8. The van der Waals surface area contributed by atoms with E-state index in [4.69, 9.17) is 0 Å². The highest BCUT2D eigenvalue weighted by Gasteiger charge is 2.26. The van der Waals surface area contributed by atoms with Crippen molar-refractivity contribution in [2.75, 3.05) is 11.4 Å². The summed E-state index contributed by atoms with van der Waals surface area (Å²) in [4.78, 5) is 28.6. The second kappa shape index (κ2) is 7.22. The molecule has 1 amide bonds. The number of rotatable bonds is 6. The molecule has 4 rings (SSSR count). The van der Waals surface area contributed by atoms with Crippen molar-refractivity contribution in [3.8, 4) is 5.69 Å². The van der Waals surface area contributed by atoms with E-state index in [2.05, 4.69) is 45.9 Å². The molecule has 7 heteroatoms. The average molecular weight is 378 g/mol. The quantitative estimate of drug-likeness (QED) is 0.713. The monoisotopic (exact) mass is 378 g/mol. The Hall–Kier alpha value is -2.96. The Kier molecular flexibility index (Phi) is 4.75. The fraction of sp³-hybridized carbons (Fsp3) is 0.429. The molecule has 1 aliphatic carbocycles. The van der Waals surface area contributed by atoms with Gasteiger partial charge in [-0.1, -0.05) is 6.07 Å². The van der Waals surface area contributed by atoms with Gasteiger partial charge in [0.1, 0.15) is 12.7 Å². The maximum atomic E-state index is 12.8. The third-order valence-electron chi connectivity index (χ3n) is 5.12. The van der Waals surface area contributed by atoms with E-state index >= 15 is 0 Å². The fourth-order valence-electron chi connectivity index (χ4n) is 3.49. The van der Waals surface area contributed by atoms with Gasteiger partial charge in [-0.05, 0) is 58.2 Å². The molecular weight excluding hydrogens is 352 g/mol. The SMILES string of the molecule is CCN(c1ncnc2c1ncn2-c1cc(C)ccc1C(=O)NC1CC1)C(C)C. The van der Waals surface area contributed by atoms with Crippen molar-refractivity contribution in [2.24, 2.45) is 0 Å². The van der Waals surface area contributed by atoms with Gasteiger partial charge in [0, 0.05) is 18.6 Å². The third kappa shape index (κ3) is 3.32. The first-order chi connectivity index (χ1) is 13.5. The number of anilines is 1. The van der Waals surface area contributed by atoms with Crippen LogP contribution in [0.15, 0.2) is 30.9 Å². The van der Waals surface area contributed by atoms with Crippen LogP contribution in [0.5, 0.6) is 0 Å². The van der Waals surface area contributed by atoms with E-state index in [9.17, 15) is 4.79 Å². The van der Waals surface area contributed by atoms with Crippen LogP contribution in [0, 0.1) is 6.92 Å². The average Bonchev–Trinajstić information content (AvgIpc) is 3.37. The predicted molar refractivity (Wildman–Crippen MR) is 110 cm³/mol. The lowest BCUT2D eigenvalue weighted by molar-refractivity contribution is 0.0951. The number of nitrogens with zero attached hydrogens (tertiary/aromatic N) is 5. The molecule has 0 saturated heterocycles. The van der Waals surface area contributed by atoms with Crippen LogP contribution in [-0.2, 0) is 0 Å². The number of aromatic nitrogens is 4. The van der Waals surface area contributed by atoms with E-state index in [0.717, 1.165) is 42.0 Å². The van der Waals surface area contributed by atoms with Crippen molar-refractivity contribution in [3.63, 3.8) is 0 Å². The van der Waals surface area contributed by atoms with Gasteiger partial charge in [0.25, 0.3) is 5.91 Å². The third-order valence-corrected chi connectivity index (χ3v) is 5.12. The Bertz CT molecular complexity index is 1020. The largest absolute Gasteiger partial charge is 0.353 e. The van der Waals surface area contributed by atoms with Crippen molar-refractivity contribution in [3.05, 3.63) is 42.0 Å². The number of nitrogens with one attached hydrogen (secondary N) is 1. The van der Waals surface area contributed by atoms with E-state index < -0.39 is 0 Å². The van der Waals surface area contributed by atoms with Gasteiger partial charge in [0.2, 0.25) is 0 Å². The summed E-state index contributed by atoms with van der Waals surface area (Å²) < 4.78 is 1.89. The second-order valence-corrected chi connectivity index (χ2v) is 7.63. The van der Waals surface area contributed by atoms with Gasteiger partial charge in [0.15, 0.2) is 17.0 Å². The molecule has 1 N–H and O–H groups in total. The molecule has 0 aliphatic heterocycles. The summed E-state index contributed by atoms with van der Waals surface area (Å²) in [6.07, 6.45) is 5.42. The molecule has 0 radical (unpaired) electrons. The number of amides is 1. The molecule has 0 bridgehead atoms. The summed E-state index contributed by atoms with van der Waals surface area (Å²) in [5.74, 6) is 0.767. The van der Waals surface area contributed by atoms with Gasteiger partial charge >= 0.3 is 0 Å². The number of carbonyl (C=O) groups is 1. The van der Waals surface area contributed by atoms with Crippen molar-refractivity contribution in [2.45, 2.75) is 52.6 Å². The number of benzene rings is 1. The van der Waals surface area contributed by atoms with Gasteiger partial charge in [-0.15, -0.1) is 0 Å². The molecule has 7 nitrogen and oxygen atoms in total. The summed E-state index contributed by atoms with van der Waals surface area (Å²) in [6.45, 7) is 9.22. The normalized spacial score (nSPS) is 13.9. The summed E-state index contributed by atoms with van der Waals surface area (Å²) in [6, 6.07) is 6.45. The highest BCUT2D eigenvalue weighted by molar-refractivity contribution is 5.99. The zero-order chi connectivity index (χ0) is 19.8. The molecule has 3 aromatic rings. The molecule has 1 fully saturated rings. The zero-order valence-electron chi connectivity index (χ0n) is 16.8. The summed E-state index contributed by atoms with van der Waals surface area (Å²) in [7, 11) is 0. The molecule has 1 saturated carbocycles. The number of hydrogen-bond acceptors (Lipinski definition) is 5. The van der Waals surface area contributed by atoms with Crippen LogP contribution >= 0.6 is 0 Å². The Morgan fingerprint density at radius 2 is 2.07 bits per heavy atom. The topological polar surface area (TPSA) is 75.9 Å². The molecule has 1 aromatic carbocycles. The number of hydrogen-bond donors (Lipinski definition) is 1. The highest BCUT2D eigenvalue weighted by atomic mass is 16.1. The lowest BCUT2D eigenvalue weighted by atomic mass is 10.1. The molecule has 0 unspecified atom stereocenters. The van der Waals surface area contributed by atoms with Crippen LogP contribution in [-0.4, -0.2) is 44.1 Å². The zero-order valence-corrected chi connectivity index (χ0v) is 16.8. The lowest BCUT2D eigenvalue weighted by Crippen LogP contribution is -2.31. The highest BCUT2D eigenvalue weighted by Crippen LogP contribution is 2.27. The molecule has 2 heterocycles. The van der Waals surface area contributed by atoms with Crippen molar-refractivity contribution in [1.82, 2.24) is 24.8 Å². The molecular formula is C21H26N6O. The van der Waals surface area contributed by atoms with E-state index in [1.807, 2.05) is 29.7 Å². The van der Waals surface area contributed by atoms with Gasteiger partial charge in [0.05, 0.1) is 11.3 Å². The summed E-state index contributed by atoms with van der Waals surface area (Å²) >= 11 is 0. The molecule has 28 heavy (non-hydrogen) atoms. The van der Waals surface area contributed by atoms with Gasteiger partial charge in [-0.2, -0.15) is 0 Å². The number of imidazole rings is 1. The Labute approximate surface area is 164 Å². The van der Waals surface area contributed by atoms with E-state index in [-0.39, 0.29) is 5.91 Å². The lowest BCUT2D eigenvalue weighted by Gasteiger charge is -2.26. The first-order valence-electron chi connectivity index (χ1n) is 9.86. The minimum Gasteiger partial charge on any atom is -0.353 e. The van der Waals surface area contributed by atoms with E-state index in [1.54, 1.807) is 12.7 Å². The minimum atomic E-state index is -0.0500. The van der Waals surface area contributed by atoms with Crippen LogP contribution in [0.2, 0.25) is 0 Å². The van der Waals surface area contributed by atoms with Crippen molar-refractivity contribution >= 4 is 22.9 Å². The number of aryl methyl sites for hydroxylation is 1. The van der Waals surface area contributed by atoms with Gasteiger partial charge in [-0.3, -0.25) is 9.36 Å². The molecule has 0 spiro atoms. The van der Waals surface area contributed by atoms with Crippen LogP contribution in [0.25, 0.3) is 16.9 Å². The predicted octanol–water partition coefficient (Wildman–Crippen LogP) is 3.25. The van der Waals surface area contributed by atoms with Gasteiger partial charge in [-0.25, -0.2) is 15.0 Å². The smallest absolute Gasteiger partial charge is 0.253 e. The van der Waals surface area contributed by atoms with Crippen LogP contribution < -0.4 is 10.2 Å². The van der Waals surface area contributed by atoms with Crippen LogP contribution in [0.3, 0.4) is 0 Å². The summed E-state index contributed by atoms with van der Waals surface area (Å²) in [5, 5.41) is 3.08. The number of fused-ring (bicyclic) bond motifs is 1. The standard InChI is InChI=1S/C21H26N6O/c1-5-26(13(2)3)19-18-20(23-11-22-19)27(12-24-18)17-10-14(4)6-9-16(17)21(28)25-15-7-8-15/h6,9-13,15H,5,7-8H2,1-4H3,(H,25,28). The van der Waals surface area contributed by atoms with E-state index in [1.165, 1.54) is 0 Å². The first-order valence-corrected chi connectivity index (χ1v) is 9.86. The second-order valence-electron chi connectivity index (χ2n) is 7.63. The summed E-state index contributed by atoms with van der Waals surface area (Å²) in [5.41, 5.74) is 3.95. The van der Waals surface area contributed by atoms with Gasteiger partial charge < -0.3 is 10.2 Å². The Morgan fingerprint density at radius 3 is 2.75 bits per heavy atom. The van der Waals surface area contributed by atoms with E-state index in [0.29, 0.717) is 23.3 Å². The minimum absolute atomic E-state index is 0.0500. The van der Waals surface area contributed by atoms with Crippen LogP contribution in [0.4, 0.5) is 5.82 Å². The molecule has 2 aromatic heterocycles. The fourth-order valence-corrected chi connectivity index (χ4v) is 3.49. The van der Waals surface area contributed by atoms with Crippen molar-refractivity contribution < 1.29 is 4.79 Å².